The molecule has 370 valence electrons. The highest BCUT2D eigenvalue weighted by Gasteiger charge is 2.45. The van der Waals surface area contributed by atoms with Crippen molar-refractivity contribution >= 4 is 87.8 Å². The standard InChI is InChI=1S/C43H57N9O15S/c1-6-19(2)35-40(63)45-14-32(56)46-29-18-68-42-25(24-9-7-8-10-26(24)49-42)12-27(37(60)44-15-33(57)50-35)47-41(64)36(20(3)31(67-22(5)54)17-66-21(4)53)51-39(62)30-11-23(55)16-52(30)43(65)28(13-34(58)59)48-38(29)61/h7-10,19-20,23,27-31,35-36,49,55H,6,11-18H2,1-5H3,(H,44,60)(H,45,63)(H,46,56)(H,47,64)(H,48,61)(H,50,57)(H,51,62)(H,58,59)/t19-,20-,23+,27?,28?,29?,30-,31+,35-,36-/m0/s1. The van der Waals surface area contributed by atoms with Crippen molar-refractivity contribution in [3.63, 3.8) is 0 Å². The first-order valence-electron chi connectivity index (χ1n) is 22.0. The minimum atomic E-state index is -1.88. The number of carbonyl (C=O) groups excluding carboxylic acids is 10. The number of aliphatic hydroxyl groups is 1. The normalized spacial score (nSPS) is 26.2. The third kappa shape index (κ3) is 13.4. The number of carboxylic acids is 1. The molecule has 1 fully saturated rings. The molecule has 3 aliphatic heterocycles. The number of aliphatic carboxylic acids is 1. The number of hydrogen-bond donors (Lipinski definition) is 10. The highest BCUT2D eigenvalue weighted by molar-refractivity contribution is 7.99. The maximum Gasteiger partial charge on any atom is 0.305 e. The van der Waals surface area contributed by atoms with Gasteiger partial charge in [0.25, 0.3) is 0 Å². The number of carboxylic acid groups (broad SMARTS) is 1. The monoisotopic (exact) mass is 971 g/mol. The fraction of sp³-hybridized carbons (Fsp3) is 0.558. The zero-order chi connectivity index (χ0) is 50.0. The number of ether oxygens (including phenoxy) is 2. The molecule has 1 aromatic heterocycles. The Labute approximate surface area is 393 Å². The van der Waals surface area contributed by atoms with Crippen molar-refractivity contribution in [3.05, 3.63) is 29.8 Å². The van der Waals surface area contributed by atoms with Crippen LogP contribution in [0.2, 0.25) is 0 Å². The molecule has 0 saturated carbocycles. The summed E-state index contributed by atoms with van der Waals surface area (Å²) in [6.45, 7) is 4.45. The molecule has 0 spiro atoms. The van der Waals surface area contributed by atoms with Crippen LogP contribution in [-0.4, -0.2) is 166 Å². The highest BCUT2D eigenvalue weighted by Crippen LogP contribution is 2.32. The number of amides is 8. The summed E-state index contributed by atoms with van der Waals surface area (Å²) >= 11 is 0.982. The molecule has 4 heterocycles. The van der Waals surface area contributed by atoms with Crippen molar-refractivity contribution in [2.24, 2.45) is 11.8 Å². The summed E-state index contributed by atoms with van der Waals surface area (Å²) in [6, 6.07) is -2.73. The molecule has 24 nitrogen and oxygen atoms in total. The van der Waals surface area contributed by atoms with E-state index in [-0.39, 0.29) is 12.2 Å². The summed E-state index contributed by atoms with van der Waals surface area (Å²) in [6.07, 6.45) is -4.14. The first-order chi connectivity index (χ1) is 32.2. The predicted octanol–water partition coefficient (Wildman–Crippen LogP) is -2.90. The number of nitrogens with zero attached hydrogens (tertiary/aromatic N) is 1. The Kier molecular flexibility index (Phi) is 17.9. The molecular formula is C43H57N9O15S. The number of nitrogens with one attached hydrogen (secondary N) is 8. The summed E-state index contributed by atoms with van der Waals surface area (Å²) in [4.78, 5) is 153. The number of aromatic nitrogens is 1. The van der Waals surface area contributed by atoms with Gasteiger partial charge < -0.3 is 66.8 Å². The number of H-pyrrole nitrogens is 1. The van der Waals surface area contributed by atoms with E-state index >= 15 is 0 Å². The van der Waals surface area contributed by atoms with Gasteiger partial charge in [-0.15, -0.1) is 11.8 Å². The van der Waals surface area contributed by atoms with E-state index in [9.17, 15) is 63.0 Å². The number of esters is 2. The zero-order valence-electron chi connectivity index (χ0n) is 38.0. The van der Waals surface area contributed by atoms with Crippen LogP contribution in [0.15, 0.2) is 29.3 Å². The summed E-state index contributed by atoms with van der Waals surface area (Å²) in [5.74, 6) is -12.9. The predicted molar refractivity (Wildman–Crippen MR) is 238 cm³/mol. The van der Waals surface area contributed by atoms with Crippen molar-refractivity contribution < 1.29 is 72.4 Å². The van der Waals surface area contributed by atoms with Crippen molar-refractivity contribution in [3.8, 4) is 0 Å². The molecular weight excluding hydrogens is 915 g/mol. The number of rotatable bonds is 9. The molecule has 5 rings (SSSR count). The minimum Gasteiger partial charge on any atom is -0.481 e. The van der Waals surface area contributed by atoms with Crippen LogP contribution in [-0.2, 0) is 68.6 Å². The molecule has 68 heavy (non-hydrogen) atoms. The van der Waals surface area contributed by atoms with E-state index in [1.54, 1.807) is 38.1 Å². The SMILES string of the molecule is CC[C@H](C)[C@@H]1NC(=O)CNC(=O)C2Cc3c([nH]c4ccccc34)SCC(NC(=O)CNC1=O)C(=O)NC(CC(=O)O)C(=O)N1C[C@H](O)C[C@H]1C(=O)N[C@@H]([C@@H](C)[C@@H](COC(C)=O)OC(C)=O)C(=O)N2. The van der Waals surface area contributed by atoms with Gasteiger partial charge in [-0.05, 0) is 17.5 Å². The molecule has 2 bridgehead atoms. The number of aliphatic hydroxyl groups excluding tert-OH is 1. The van der Waals surface area contributed by atoms with Gasteiger partial charge in [0.2, 0.25) is 47.3 Å². The lowest BCUT2D eigenvalue weighted by atomic mass is 9.93. The number of thioether (sulfide) groups is 1. The topological polar surface area (TPSA) is 350 Å². The van der Waals surface area contributed by atoms with Gasteiger partial charge in [-0.25, -0.2) is 0 Å². The molecule has 10 atom stereocenters. The van der Waals surface area contributed by atoms with E-state index in [1.807, 2.05) is 0 Å². The molecule has 25 heteroatoms. The molecule has 1 aromatic carbocycles. The van der Waals surface area contributed by atoms with E-state index in [4.69, 9.17) is 9.47 Å². The lowest BCUT2D eigenvalue weighted by Crippen LogP contribution is -2.62. The quantitative estimate of drug-likeness (QED) is 0.113. The lowest BCUT2D eigenvalue weighted by molar-refractivity contribution is -0.161. The molecule has 0 aliphatic carbocycles. The zero-order valence-corrected chi connectivity index (χ0v) is 38.8. The summed E-state index contributed by atoms with van der Waals surface area (Å²) < 4.78 is 10.6. The molecule has 0 radical (unpaired) electrons. The largest absolute Gasteiger partial charge is 0.481 e. The number of para-hydroxylation sites is 1. The van der Waals surface area contributed by atoms with Crippen molar-refractivity contribution in [1.29, 1.82) is 0 Å². The number of aromatic amines is 1. The Bertz CT molecular complexity index is 2310. The second-order valence-corrected chi connectivity index (χ2v) is 17.9. The second-order valence-electron chi connectivity index (χ2n) is 16.9. The Hall–Kier alpha value is -6.76. The van der Waals surface area contributed by atoms with Crippen LogP contribution in [0.3, 0.4) is 0 Å². The second kappa shape index (κ2) is 23.3. The van der Waals surface area contributed by atoms with Crippen LogP contribution in [0.4, 0.5) is 0 Å². The number of benzene rings is 1. The average Bonchev–Trinajstić information content (AvgIpc) is 3.85. The van der Waals surface area contributed by atoms with Gasteiger partial charge in [0.05, 0.1) is 30.6 Å². The highest BCUT2D eigenvalue weighted by atomic mass is 32.2. The van der Waals surface area contributed by atoms with E-state index < -0.39 is 165 Å². The minimum absolute atomic E-state index is 0.305. The van der Waals surface area contributed by atoms with Crippen LogP contribution in [0, 0.1) is 11.8 Å². The Morgan fingerprint density at radius 2 is 1.49 bits per heavy atom. The molecule has 10 N–H and O–H groups in total. The molecule has 3 aliphatic rings. The third-order valence-electron chi connectivity index (χ3n) is 11.8. The molecule has 1 saturated heterocycles. The van der Waals surface area contributed by atoms with Crippen LogP contribution in [0.25, 0.3) is 10.9 Å². The van der Waals surface area contributed by atoms with Gasteiger partial charge in [0.15, 0.2) is 0 Å². The number of hydrogen-bond acceptors (Lipinski definition) is 15. The smallest absolute Gasteiger partial charge is 0.305 e. The maximum absolute atomic E-state index is 14.8. The van der Waals surface area contributed by atoms with Gasteiger partial charge in [-0.3, -0.25) is 52.7 Å². The first-order valence-corrected chi connectivity index (χ1v) is 22.9. The van der Waals surface area contributed by atoms with Crippen LogP contribution in [0.1, 0.15) is 59.4 Å². The van der Waals surface area contributed by atoms with Crippen LogP contribution >= 0.6 is 11.8 Å². The van der Waals surface area contributed by atoms with Gasteiger partial charge in [-0.1, -0.05) is 45.4 Å². The Morgan fingerprint density at radius 1 is 0.809 bits per heavy atom. The lowest BCUT2D eigenvalue weighted by Gasteiger charge is -2.33. The maximum atomic E-state index is 14.8. The summed E-state index contributed by atoms with van der Waals surface area (Å²) in [7, 11) is 0. The fourth-order valence-electron chi connectivity index (χ4n) is 8.02. The average molecular weight is 972 g/mol. The van der Waals surface area contributed by atoms with Gasteiger partial charge in [0.1, 0.15) is 49.0 Å². The van der Waals surface area contributed by atoms with Gasteiger partial charge >= 0.3 is 17.9 Å². The summed E-state index contributed by atoms with van der Waals surface area (Å²) in [5, 5.41) is 39.3. The van der Waals surface area contributed by atoms with Gasteiger partial charge in [-0.2, -0.15) is 0 Å². The number of fused-ring (bicyclic) bond motifs is 5. The van der Waals surface area contributed by atoms with E-state index in [0.29, 0.717) is 27.9 Å². The first kappa shape index (κ1) is 52.2. The third-order valence-corrected chi connectivity index (χ3v) is 13.0. The summed E-state index contributed by atoms with van der Waals surface area (Å²) in [5.41, 5.74) is 0.946. The molecule has 8 amide bonds. The van der Waals surface area contributed by atoms with Crippen LogP contribution in [0.5, 0.6) is 0 Å². The fourth-order valence-corrected chi connectivity index (χ4v) is 9.14. The van der Waals surface area contributed by atoms with Gasteiger partial charge in [0, 0.05) is 55.8 Å². The van der Waals surface area contributed by atoms with Crippen molar-refractivity contribution in [2.45, 2.75) is 114 Å². The van der Waals surface area contributed by atoms with E-state index in [1.165, 1.54) is 6.92 Å². The Morgan fingerprint density at radius 3 is 2.15 bits per heavy atom. The Balaban J connectivity index is 1.72. The van der Waals surface area contributed by atoms with Crippen LogP contribution < -0.4 is 37.2 Å². The van der Waals surface area contributed by atoms with E-state index in [2.05, 4.69) is 42.2 Å². The molecule has 2 aromatic rings. The van der Waals surface area contributed by atoms with Crippen molar-refractivity contribution in [1.82, 2.24) is 47.1 Å². The van der Waals surface area contributed by atoms with E-state index in [0.717, 1.165) is 30.5 Å². The number of carbonyl (C=O) groups is 11. The van der Waals surface area contributed by atoms with Crippen molar-refractivity contribution in [2.75, 3.05) is 32.0 Å². The molecule has 3 unspecified atom stereocenters.